The van der Waals surface area contributed by atoms with Gasteiger partial charge in [-0.25, -0.2) is 4.98 Å². The van der Waals surface area contributed by atoms with E-state index in [0.29, 0.717) is 25.2 Å². The van der Waals surface area contributed by atoms with Gasteiger partial charge in [0, 0.05) is 31.6 Å². The lowest BCUT2D eigenvalue weighted by Gasteiger charge is -2.09. The molecule has 0 aliphatic heterocycles. The highest BCUT2D eigenvalue weighted by atomic mass is 16.2. The van der Waals surface area contributed by atoms with Crippen LogP contribution < -0.4 is 10.6 Å². The van der Waals surface area contributed by atoms with Crippen molar-refractivity contribution in [1.82, 2.24) is 20.2 Å². The van der Waals surface area contributed by atoms with Gasteiger partial charge < -0.3 is 15.2 Å². The number of hydrogen-bond donors (Lipinski definition) is 2. The molecule has 6 heteroatoms. The Hall–Kier alpha value is -3.67. The maximum atomic E-state index is 12.3. The number of fused-ring (bicyclic) bond motifs is 2. The second-order valence-corrected chi connectivity index (χ2v) is 7.22. The molecule has 4 aromatic rings. The van der Waals surface area contributed by atoms with E-state index in [-0.39, 0.29) is 18.2 Å². The number of amides is 2. The lowest BCUT2D eigenvalue weighted by atomic mass is 10.1. The lowest BCUT2D eigenvalue weighted by Crippen LogP contribution is -2.32. The summed E-state index contributed by atoms with van der Waals surface area (Å²) in [5, 5.41) is 7.84. The largest absolute Gasteiger partial charge is 0.354 e. The zero-order valence-corrected chi connectivity index (χ0v) is 16.9. The first-order valence-corrected chi connectivity index (χ1v) is 10.1. The van der Waals surface area contributed by atoms with Crippen LogP contribution in [0.25, 0.3) is 21.8 Å². The van der Waals surface area contributed by atoms with Crippen molar-refractivity contribution in [3.63, 3.8) is 0 Å². The molecular formula is C24H24N4O2. The van der Waals surface area contributed by atoms with Gasteiger partial charge in [0.15, 0.2) is 0 Å². The van der Waals surface area contributed by atoms with E-state index < -0.39 is 0 Å². The van der Waals surface area contributed by atoms with Crippen LogP contribution in [-0.4, -0.2) is 34.5 Å². The predicted molar refractivity (Wildman–Crippen MR) is 118 cm³/mol. The van der Waals surface area contributed by atoms with Crippen molar-refractivity contribution in [2.75, 3.05) is 13.1 Å². The minimum atomic E-state index is -0.172. The van der Waals surface area contributed by atoms with Crippen LogP contribution >= 0.6 is 0 Å². The van der Waals surface area contributed by atoms with Crippen molar-refractivity contribution in [2.24, 2.45) is 0 Å². The molecule has 0 unspecified atom stereocenters. The fourth-order valence-electron chi connectivity index (χ4n) is 3.60. The maximum absolute atomic E-state index is 12.3. The van der Waals surface area contributed by atoms with E-state index in [1.54, 1.807) is 6.07 Å². The summed E-state index contributed by atoms with van der Waals surface area (Å²) in [6.07, 6.45) is 0.239. The molecule has 0 fully saturated rings. The molecule has 0 radical (unpaired) electrons. The van der Waals surface area contributed by atoms with E-state index >= 15 is 0 Å². The average molecular weight is 400 g/mol. The number of imidazole rings is 1. The molecule has 6 nitrogen and oxygen atoms in total. The van der Waals surface area contributed by atoms with Crippen LogP contribution in [0.4, 0.5) is 0 Å². The van der Waals surface area contributed by atoms with Gasteiger partial charge in [0.2, 0.25) is 5.91 Å². The van der Waals surface area contributed by atoms with Crippen molar-refractivity contribution in [3.8, 4) is 0 Å². The van der Waals surface area contributed by atoms with Crippen molar-refractivity contribution in [3.05, 3.63) is 78.1 Å². The number of nitrogens with one attached hydrogen (secondary N) is 2. The van der Waals surface area contributed by atoms with E-state index in [9.17, 15) is 9.59 Å². The monoisotopic (exact) mass is 400 g/mol. The van der Waals surface area contributed by atoms with Gasteiger partial charge in [-0.2, -0.15) is 0 Å². The zero-order chi connectivity index (χ0) is 20.9. The summed E-state index contributed by atoms with van der Waals surface area (Å²) >= 11 is 0. The predicted octanol–water partition coefficient (Wildman–Crippen LogP) is 3.43. The van der Waals surface area contributed by atoms with E-state index in [0.717, 1.165) is 27.6 Å². The summed E-state index contributed by atoms with van der Waals surface area (Å²) in [5.74, 6) is 0.665. The fourth-order valence-corrected chi connectivity index (χ4v) is 3.60. The van der Waals surface area contributed by atoms with Crippen LogP contribution in [0.5, 0.6) is 0 Å². The number of hydrogen-bond acceptors (Lipinski definition) is 3. The van der Waals surface area contributed by atoms with Gasteiger partial charge in [-0.05, 0) is 42.0 Å². The Morgan fingerprint density at radius 2 is 1.67 bits per heavy atom. The fraction of sp³-hybridized carbons (Fsp3) is 0.208. The van der Waals surface area contributed by atoms with Crippen molar-refractivity contribution in [2.45, 2.75) is 19.9 Å². The average Bonchev–Trinajstić information content (AvgIpc) is 3.08. The molecule has 0 saturated carbocycles. The molecule has 2 N–H and O–H groups in total. The Labute approximate surface area is 174 Å². The van der Waals surface area contributed by atoms with Crippen LogP contribution in [0.3, 0.4) is 0 Å². The van der Waals surface area contributed by atoms with Crippen LogP contribution in [0, 0.1) is 6.92 Å². The molecule has 152 valence electrons. The smallest absolute Gasteiger partial charge is 0.251 e. The Kier molecular flexibility index (Phi) is 5.75. The summed E-state index contributed by atoms with van der Waals surface area (Å²) in [6.45, 7) is 3.43. The first kappa shape index (κ1) is 19.6. The quantitative estimate of drug-likeness (QED) is 0.499. The van der Waals surface area contributed by atoms with Crippen LogP contribution in [0.2, 0.25) is 0 Å². The topological polar surface area (TPSA) is 76.0 Å². The molecule has 3 aromatic carbocycles. The van der Waals surface area contributed by atoms with Crippen molar-refractivity contribution < 1.29 is 9.59 Å². The number of carbonyl (C=O) groups is 2. The summed E-state index contributed by atoms with van der Waals surface area (Å²) in [5.41, 5.74) is 2.61. The Morgan fingerprint density at radius 3 is 2.53 bits per heavy atom. The van der Waals surface area contributed by atoms with E-state index in [4.69, 9.17) is 0 Å². The normalized spacial score (nSPS) is 11.0. The minimum absolute atomic E-state index is 0.0871. The Morgan fingerprint density at radius 1 is 0.900 bits per heavy atom. The molecule has 4 rings (SSSR count). The Balaban J connectivity index is 1.23. The second kappa shape index (κ2) is 8.78. The van der Waals surface area contributed by atoms with Gasteiger partial charge >= 0.3 is 0 Å². The Bertz CT molecular complexity index is 1210. The molecule has 0 bridgehead atoms. The number of para-hydroxylation sites is 2. The zero-order valence-electron chi connectivity index (χ0n) is 16.9. The molecule has 1 heterocycles. The molecule has 0 atom stereocenters. The van der Waals surface area contributed by atoms with Crippen LogP contribution in [-0.2, 0) is 11.3 Å². The van der Waals surface area contributed by atoms with Crippen LogP contribution in [0.1, 0.15) is 22.6 Å². The summed E-state index contributed by atoms with van der Waals surface area (Å²) < 4.78 is 2.09. The molecule has 0 saturated heterocycles. The van der Waals surface area contributed by atoms with E-state index in [1.165, 1.54) is 0 Å². The van der Waals surface area contributed by atoms with E-state index in [2.05, 4.69) is 20.2 Å². The summed E-state index contributed by atoms with van der Waals surface area (Å²) in [6, 6.07) is 21.5. The number of benzene rings is 3. The van der Waals surface area contributed by atoms with Gasteiger partial charge in [-0.15, -0.1) is 0 Å². The number of carbonyl (C=O) groups excluding carboxylic acids is 2. The third-order valence-corrected chi connectivity index (χ3v) is 5.15. The van der Waals surface area contributed by atoms with Gasteiger partial charge in [-0.3, -0.25) is 9.59 Å². The number of aromatic nitrogens is 2. The van der Waals surface area contributed by atoms with Crippen molar-refractivity contribution >= 4 is 33.6 Å². The molecule has 1 aromatic heterocycles. The third kappa shape index (κ3) is 4.33. The third-order valence-electron chi connectivity index (χ3n) is 5.15. The molecule has 0 aliphatic carbocycles. The van der Waals surface area contributed by atoms with Gasteiger partial charge in [0.1, 0.15) is 5.82 Å². The molecular weight excluding hydrogens is 376 g/mol. The SMILES string of the molecule is Cc1nc2ccccc2n1CCNC(=O)CCNC(=O)c1ccc2ccccc2c1. The second-order valence-electron chi connectivity index (χ2n) is 7.22. The van der Waals surface area contributed by atoms with Crippen LogP contribution in [0.15, 0.2) is 66.7 Å². The number of rotatable bonds is 7. The highest BCUT2D eigenvalue weighted by molar-refractivity contribution is 5.98. The maximum Gasteiger partial charge on any atom is 0.251 e. The molecule has 0 aliphatic rings. The number of aryl methyl sites for hydroxylation is 1. The van der Waals surface area contributed by atoms with Gasteiger partial charge in [0.05, 0.1) is 11.0 Å². The highest BCUT2D eigenvalue weighted by Crippen LogP contribution is 2.16. The first-order valence-electron chi connectivity index (χ1n) is 10.1. The number of nitrogens with zero attached hydrogens (tertiary/aromatic N) is 2. The highest BCUT2D eigenvalue weighted by Gasteiger charge is 2.09. The minimum Gasteiger partial charge on any atom is -0.354 e. The lowest BCUT2D eigenvalue weighted by molar-refractivity contribution is -0.120. The molecule has 0 spiro atoms. The summed E-state index contributed by atoms with van der Waals surface area (Å²) in [4.78, 5) is 29.0. The van der Waals surface area contributed by atoms with E-state index in [1.807, 2.05) is 67.6 Å². The molecule has 2 amide bonds. The standard InChI is InChI=1S/C24H24N4O2/c1-17-27-21-8-4-5-9-22(21)28(17)15-14-25-23(29)12-13-26-24(30)20-11-10-18-6-2-3-7-19(18)16-20/h2-11,16H,12-15H2,1H3,(H,25,29)(H,26,30). The summed E-state index contributed by atoms with van der Waals surface area (Å²) in [7, 11) is 0. The van der Waals surface area contributed by atoms with Gasteiger partial charge in [0.25, 0.3) is 5.91 Å². The van der Waals surface area contributed by atoms with Crippen molar-refractivity contribution in [1.29, 1.82) is 0 Å². The van der Waals surface area contributed by atoms with Gasteiger partial charge in [-0.1, -0.05) is 42.5 Å². The molecule has 30 heavy (non-hydrogen) atoms. The first-order chi connectivity index (χ1) is 14.6.